The van der Waals surface area contributed by atoms with Crippen molar-refractivity contribution in [1.82, 2.24) is 15.6 Å². The van der Waals surface area contributed by atoms with Crippen molar-refractivity contribution in [3.63, 3.8) is 0 Å². The molecule has 0 radical (unpaired) electrons. The summed E-state index contributed by atoms with van der Waals surface area (Å²) >= 11 is 0. The van der Waals surface area contributed by atoms with Crippen LogP contribution >= 0.6 is 0 Å². The zero-order valence-corrected chi connectivity index (χ0v) is 14.6. The van der Waals surface area contributed by atoms with Gasteiger partial charge < -0.3 is 15.4 Å². The first-order valence-corrected chi connectivity index (χ1v) is 8.74. The maximum atomic E-state index is 12.2. The van der Waals surface area contributed by atoms with Crippen LogP contribution in [-0.4, -0.2) is 30.8 Å². The second kappa shape index (κ2) is 8.12. The van der Waals surface area contributed by atoms with Gasteiger partial charge in [0.05, 0.1) is 0 Å². The number of pyridine rings is 1. The number of aromatic nitrogens is 1. The number of nitrogens with one attached hydrogen (secondary N) is 2. The molecule has 1 aromatic heterocycles. The number of carbonyl (C=O) groups excluding carboxylic acids is 1. The normalized spacial score (nSPS) is 16.2. The van der Waals surface area contributed by atoms with E-state index in [0.717, 1.165) is 31.6 Å². The van der Waals surface area contributed by atoms with Crippen molar-refractivity contribution >= 4 is 6.03 Å². The zero-order chi connectivity index (χ0) is 17.5. The van der Waals surface area contributed by atoms with E-state index in [1.54, 1.807) is 12.4 Å². The maximum Gasteiger partial charge on any atom is 0.315 e. The maximum absolute atomic E-state index is 12.2. The van der Waals surface area contributed by atoms with Gasteiger partial charge in [-0.25, -0.2) is 4.79 Å². The average Bonchev–Trinajstić information content (AvgIpc) is 2.67. The molecule has 2 aromatic rings. The summed E-state index contributed by atoms with van der Waals surface area (Å²) in [7, 11) is 0. The van der Waals surface area contributed by atoms with Crippen molar-refractivity contribution in [2.45, 2.75) is 31.7 Å². The van der Waals surface area contributed by atoms with E-state index in [0.29, 0.717) is 13.1 Å². The Morgan fingerprint density at radius 3 is 2.56 bits per heavy atom. The fourth-order valence-corrected chi connectivity index (χ4v) is 3.47. The highest BCUT2D eigenvalue weighted by atomic mass is 16.5. The second-order valence-electron chi connectivity index (χ2n) is 6.60. The molecular formula is C20H25N3O2. The number of benzene rings is 1. The van der Waals surface area contributed by atoms with Gasteiger partial charge in [0.15, 0.2) is 0 Å². The summed E-state index contributed by atoms with van der Waals surface area (Å²) in [6.45, 7) is 4.71. The Morgan fingerprint density at radius 2 is 1.84 bits per heavy atom. The molecule has 2 amide bonds. The van der Waals surface area contributed by atoms with E-state index in [1.165, 1.54) is 11.1 Å². The Kier molecular flexibility index (Phi) is 5.66. The van der Waals surface area contributed by atoms with Crippen LogP contribution < -0.4 is 10.6 Å². The van der Waals surface area contributed by atoms with Crippen LogP contribution in [0.1, 0.15) is 29.5 Å². The van der Waals surface area contributed by atoms with Crippen LogP contribution in [0, 0.1) is 6.92 Å². The van der Waals surface area contributed by atoms with E-state index >= 15 is 0 Å². The summed E-state index contributed by atoms with van der Waals surface area (Å²) in [6.07, 6.45) is 5.29. The van der Waals surface area contributed by atoms with Gasteiger partial charge in [-0.1, -0.05) is 24.3 Å². The lowest BCUT2D eigenvalue weighted by Gasteiger charge is -2.39. The standard InChI is InChI=1S/C20H25N3O2/c1-16-4-2-3-5-18(16)20(8-12-25-13-9-20)15-23-19(24)22-14-17-6-10-21-11-7-17/h2-7,10-11H,8-9,12-15H2,1H3,(H2,22,23,24). The molecule has 2 heterocycles. The summed E-state index contributed by atoms with van der Waals surface area (Å²) in [6, 6.07) is 12.1. The average molecular weight is 339 g/mol. The number of aryl methyl sites for hydroxylation is 1. The van der Waals surface area contributed by atoms with Gasteiger partial charge in [0.1, 0.15) is 0 Å². The monoisotopic (exact) mass is 339 g/mol. The Hall–Kier alpha value is -2.40. The van der Waals surface area contributed by atoms with E-state index in [-0.39, 0.29) is 11.4 Å². The first-order valence-electron chi connectivity index (χ1n) is 8.74. The molecule has 3 rings (SSSR count). The van der Waals surface area contributed by atoms with Crippen LogP contribution in [0.3, 0.4) is 0 Å². The van der Waals surface area contributed by atoms with Gasteiger partial charge in [0.25, 0.3) is 0 Å². The molecule has 1 aliphatic rings. The quantitative estimate of drug-likeness (QED) is 0.880. The van der Waals surface area contributed by atoms with Crippen molar-refractivity contribution < 1.29 is 9.53 Å². The van der Waals surface area contributed by atoms with Gasteiger partial charge in [-0.2, -0.15) is 0 Å². The molecule has 1 fully saturated rings. The number of rotatable bonds is 5. The molecule has 1 aromatic carbocycles. The first-order chi connectivity index (χ1) is 12.2. The van der Waals surface area contributed by atoms with Crippen molar-refractivity contribution in [2.24, 2.45) is 0 Å². The van der Waals surface area contributed by atoms with E-state index in [1.807, 2.05) is 12.1 Å². The van der Waals surface area contributed by atoms with E-state index in [2.05, 4.69) is 46.8 Å². The fourth-order valence-electron chi connectivity index (χ4n) is 3.47. The lowest BCUT2D eigenvalue weighted by molar-refractivity contribution is 0.0505. The minimum atomic E-state index is -0.142. The summed E-state index contributed by atoms with van der Waals surface area (Å²) in [5.74, 6) is 0. The van der Waals surface area contributed by atoms with E-state index in [9.17, 15) is 4.79 Å². The molecule has 0 unspecified atom stereocenters. The van der Waals surface area contributed by atoms with Crippen molar-refractivity contribution in [1.29, 1.82) is 0 Å². The minimum absolute atomic E-state index is 0.0579. The molecule has 0 bridgehead atoms. The molecule has 0 spiro atoms. The number of carbonyl (C=O) groups is 1. The number of urea groups is 1. The molecule has 25 heavy (non-hydrogen) atoms. The molecule has 0 atom stereocenters. The van der Waals surface area contributed by atoms with Crippen LogP contribution in [-0.2, 0) is 16.7 Å². The Balaban J connectivity index is 1.63. The van der Waals surface area contributed by atoms with E-state index in [4.69, 9.17) is 4.74 Å². The molecular weight excluding hydrogens is 314 g/mol. The summed E-state index contributed by atoms with van der Waals surface area (Å²) < 4.78 is 5.56. The Bertz CT molecular complexity index is 697. The van der Waals surface area contributed by atoms with Crippen LogP contribution in [0.25, 0.3) is 0 Å². The summed E-state index contributed by atoms with van der Waals surface area (Å²) in [4.78, 5) is 16.2. The van der Waals surface area contributed by atoms with Crippen LogP contribution in [0.2, 0.25) is 0 Å². The second-order valence-corrected chi connectivity index (χ2v) is 6.60. The van der Waals surface area contributed by atoms with Crippen LogP contribution in [0.15, 0.2) is 48.8 Å². The highest BCUT2D eigenvalue weighted by Crippen LogP contribution is 2.36. The SMILES string of the molecule is Cc1ccccc1C1(CNC(=O)NCc2ccncc2)CCOCC1. The lowest BCUT2D eigenvalue weighted by atomic mass is 9.72. The number of amides is 2. The van der Waals surface area contributed by atoms with Crippen LogP contribution in [0.4, 0.5) is 4.79 Å². The van der Waals surface area contributed by atoms with Crippen LogP contribution in [0.5, 0.6) is 0 Å². The van der Waals surface area contributed by atoms with Gasteiger partial charge >= 0.3 is 6.03 Å². The highest BCUT2D eigenvalue weighted by molar-refractivity contribution is 5.74. The number of hydrogen-bond donors (Lipinski definition) is 2. The molecule has 1 aliphatic heterocycles. The Labute approximate surface area is 148 Å². The van der Waals surface area contributed by atoms with Gasteiger partial charge in [-0.05, 0) is 48.6 Å². The van der Waals surface area contributed by atoms with Crippen molar-refractivity contribution in [3.8, 4) is 0 Å². The predicted octanol–water partition coefficient (Wildman–Crippen LogP) is 2.94. The van der Waals surface area contributed by atoms with Gasteiger partial charge in [0.2, 0.25) is 0 Å². The Morgan fingerprint density at radius 1 is 1.12 bits per heavy atom. The van der Waals surface area contributed by atoms with Gasteiger partial charge in [-0.3, -0.25) is 4.98 Å². The van der Waals surface area contributed by atoms with Gasteiger partial charge in [0, 0.05) is 44.1 Å². The fraction of sp³-hybridized carbons (Fsp3) is 0.400. The molecule has 0 saturated carbocycles. The smallest absolute Gasteiger partial charge is 0.315 e. The molecule has 0 aliphatic carbocycles. The highest BCUT2D eigenvalue weighted by Gasteiger charge is 2.35. The predicted molar refractivity (Wildman–Crippen MR) is 97.4 cm³/mol. The third-order valence-electron chi connectivity index (χ3n) is 4.96. The number of nitrogens with zero attached hydrogens (tertiary/aromatic N) is 1. The topological polar surface area (TPSA) is 63.2 Å². The molecule has 2 N–H and O–H groups in total. The minimum Gasteiger partial charge on any atom is -0.381 e. The van der Waals surface area contributed by atoms with Crippen molar-refractivity contribution in [3.05, 3.63) is 65.5 Å². The zero-order valence-electron chi connectivity index (χ0n) is 14.6. The lowest BCUT2D eigenvalue weighted by Crippen LogP contribution is -2.47. The van der Waals surface area contributed by atoms with Gasteiger partial charge in [-0.15, -0.1) is 0 Å². The molecule has 5 nitrogen and oxygen atoms in total. The third kappa shape index (κ3) is 4.37. The van der Waals surface area contributed by atoms with E-state index < -0.39 is 0 Å². The summed E-state index contributed by atoms with van der Waals surface area (Å²) in [5.41, 5.74) is 3.55. The molecule has 5 heteroatoms. The number of hydrogen-bond acceptors (Lipinski definition) is 3. The third-order valence-corrected chi connectivity index (χ3v) is 4.96. The first kappa shape index (κ1) is 17.4. The number of ether oxygens (including phenoxy) is 1. The molecule has 1 saturated heterocycles. The van der Waals surface area contributed by atoms with Crippen molar-refractivity contribution in [2.75, 3.05) is 19.8 Å². The largest absolute Gasteiger partial charge is 0.381 e. The summed E-state index contributed by atoms with van der Waals surface area (Å²) in [5, 5.41) is 5.98. The molecule has 132 valence electrons.